The van der Waals surface area contributed by atoms with Gasteiger partial charge in [0.2, 0.25) is 5.91 Å². The Balaban J connectivity index is 1.45. The third-order valence-corrected chi connectivity index (χ3v) is 4.32. The number of nitrogens with one attached hydrogen (secondary N) is 1. The number of amides is 2. The van der Waals surface area contributed by atoms with Gasteiger partial charge in [0.25, 0.3) is 5.91 Å². The Morgan fingerprint density at radius 2 is 2.04 bits per heavy atom. The molecular formula is C21H24N2O4. The summed E-state index contributed by atoms with van der Waals surface area (Å²) in [6.07, 6.45) is -0.331. The van der Waals surface area contributed by atoms with Gasteiger partial charge in [-0.05, 0) is 43.7 Å². The normalized spacial score (nSPS) is 15.7. The lowest BCUT2D eigenvalue weighted by Gasteiger charge is -2.32. The second-order valence-electron chi connectivity index (χ2n) is 6.48. The predicted octanol–water partition coefficient (Wildman–Crippen LogP) is 2.69. The van der Waals surface area contributed by atoms with Crippen LogP contribution in [0, 0.1) is 6.92 Å². The zero-order chi connectivity index (χ0) is 19.2. The van der Waals surface area contributed by atoms with Crippen molar-refractivity contribution in [2.45, 2.75) is 26.4 Å². The maximum absolute atomic E-state index is 12.4. The molecule has 0 spiro atoms. The molecule has 0 fully saturated rings. The Morgan fingerprint density at radius 3 is 2.85 bits per heavy atom. The molecule has 0 radical (unpaired) electrons. The van der Waals surface area contributed by atoms with Crippen LogP contribution in [0.15, 0.2) is 48.5 Å². The van der Waals surface area contributed by atoms with Crippen LogP contribution in [0.2, 0.25) is 0 Å². The fraction of sp³-hybridized carbons (Fsp3) is 0.333. The summed E-state index contributed by atoms with van der Waals surface area (Å²) in [5.74, 6) is 1.20. The zero-order valence-electron chi connectivity index (χ0n) is 15.6. The molecule has 27 heavy (non-hydrogen) atoms. The fourth-order valence-electron chi connectivity index (χ4n) is 2.96. The minimum absolute atomic E-state index is 0.118. The van der Waals surface area contributed by atoms with Crippen molar-refractivity contribution in [3.05, 3.63) is 54.1 Å². The fourth-order valence-corrected chi connectivity index (χ4v) is 2.96. The number of fused-ring (bicyclic) bond motifs is 1. The smallest absolute Gasteiger partial charge is 0.267 e. The van der Waals surface area contributed by atoms with Crippen LogP contribution in [0.1, 0.15) is 18.9 Å². The number of nitrogens with zero attached hydrogens (tertiary/aromatic N) is 1. The first kappa shape index (κ1) is 18.8. The number of para-hydroxylation sites is 2. The Kier molecular flexibility index (Phi) is 5.96. The van der Waals surface area contributed by atoms with Crippen molar-refractivity contribution in [1.29, 1.82) is 0 Å². The molecule has 0 saturated heterocycles. The maximum atomic E-state index is 12.4. The van der Waals surface area contributed by atoms with Gasteiger partial charge in [-0.2, -0.15) is 0 Å². The summed E-state index contributed by atoms with van der Waals surface area (Å²) >= 11 is 0. The van der Waals surface area contributed by atoms with E-state index in [9.17, 15) is 9.59 Å². The van der Waals surface area contributed by atoms with Crippen molar-refractivity contribution in [3.8, 4) is 11.5 Å². The van der Waals surface area contributed by atoms with Crippen molar-refractivity contribution in [2.24, 2.45) is 0 Å². The number of anilines is 1. The number of aryl methyl sites for hydroxylation is 1. The SMILES string of the molecule is Cc1cccc(OCCNC(=O)CCN2C(=O)C(C)Oc3ccccc32)c1. The van der Waals surface area contributed by atoms with E-state index >= 15 is 0 Å². The van der Waals surface area contributed by atoms with E-state index < -0.39 is 6.10 Å². The number of carbonyl (C=O) groups is 2. The molecule has 2 aromatic carbocycles. The highest BCUT2D eigenvalue weighted by Crippen LogP contribution is 2.33. The highest BCUT2D eigenvalue weighted by Gasteiger charge is 2.31. The average molecular weight is 368 g/mol. The van der Waals surface area contributed by atoms with Gasteiger partial charge in [-0.15, -0.1) is 0 Å². The molecule has 0 aromatic heterocycles. The van der Waals surface area contributed by atoms with Gasteiger partial charge in [-0.3, -0.25) is 9.59 Å². The van der Waals surface area contributed by atoms with Crippen LogP contribution in [-0.4, -0.2) is 37.6 Å². The van der Waals surface area contributed by atoms with Crippen molar-refractivity contribution in [2.75, 3.05) is 24.6 Å². The van der Waals surface area contributed by atoms with E-state index in [-0.39, 0.29) is 18.2 Å². The summed E-state index contributed by atoms with van der Waals surface area (Å²) < 4.78 is 11.2. The van der Waals surface area contributed by atoms with Gasteiger partial charge in [0, 0.05) is 13.0 Å². The van der Waals surface area contributed by atoms with Gasteiger partial charge in [-0.25, -0.2) is 0 Å². The monoisotopic (exact) mass is 368 g/mol. The first-order chi connectivity index (χ1) is 13.0. The molecule has 142 valence electrons. The molecular weight excluding hydrogens is 344 g/mol. The molecule has 1 aliphatic rings. The number of carbonyl (C=O) groups excluding carboxylic acids is 2. The number of rotatable bonds is 7. The lowest BCUT2D eigenvalue weighted by Crippen LogP contribution is -2.45. The Hall–Kier alpha value is -3.02. The molecule has 1 aliphatic heterocycles. The van der Waals surface area contributed by atoms with E-state index in [1.807, 2.05) is 55.5 Å². The van der Waals surface area contributed by atoms with Crippen LogP contribution >= 0.6 is 0 Å². The maximum Gasteiger partial charge on any atom is 0.267 e. The Labute approximate surface area is 159 Å². The van der Waals surface area contributed by atoms with Crippen LogP contribution in [0.25, 0.3) is 0 Å². The average Bonchev–Trinajstić information content (AvgIpc) is 2.66. The minimum Gasteiger partial charge on any atom is -0.492 e. The molecule has 2 aromatic rings. The molecule has 1 N–H and O–H groups in total. The molecule has 1 heterocycles. The molecule has 6 nitrogen and oxygen atoms in total. The quantitative estimate of drug-likeness (QED) is 0.763. The van der Waals surface area contributed by atoms with Crippen LogP contribution in [0.5, 0.6) is 11.5 Å². The molecule has 1 unspecified atom stereocenters. The van der Waals surface area contributed by atoms with Crippen molar-refractivity contribution >= 4 is 17.5 Å². The van der Waals surface area contributed by atoms with Gasteiger partial charge in [0.1, 0.15) is 18.1 Å². The topological polar surface area (TPSA) is 67.9 Å². The van der Waals surface area contributed by atoms with Crippen molar-refractivity contribution < 1.29 is 19.1 Å². The third kappa shape index (κ3) is 4.78. The summed E-state index contributed by atoms with van der Waals surface area (Å²) in [5.41, 5.74) is 1.83. The Morgan fingerprint density at radius 1 is 1.22 bits per heavy atom. The van der Waals surface area contributed by atoms with Gasteiger partial charge < -0.3 is 19.7 Å². The van der Waals surface area contributed by atoms with E-state index in [1.54, 1.807) is 11.8 Å². The van der Waals surface area contributed by atoms with Gasteiger partial charge >= 0.3 is 0 Å². The lowest BCUT2D eigenvalue weighted by atomic mass is 10.1. The molecule has 2 amide bonds. The molecule has 3 rings (SSSR count). The lowest BCUT2D eigenvalue weighted by molar-refractivity contribution is -0.125. The van der Waals surface area contributed by atoms with Crippen LogP contribution in [-0.2, 0) is 9.59 Å². The summed E-state index contributed by atoms with van der Waals surface area (Å²) in [4.78, 5) is 26.1. The summed E-state index contributed by atoms with van der Waals surface area (Å²) in [5, 5.41) is 2.82. The first-order valence-corrected chi connectivity index (χ1v) is 9.08. The standard InChI is InChI=1S/C21H24N2O4/c1-15-6-5-7-17(14-15)26-13-11-22-20(24)10-12-23-18-8-3-4-9-19(18)27-16(2)21(23)25/h3-9,14,16H,10-13H2,1-2H3,(H,22,24). The van der Waals surface area contributed by atoms with Crippen LogP contribution < -0.4 is 19.7 Å². The Bertz CT molecular complexity index is 821. The van der Waals surface area contributed by atoms with E-state index in [0.29, 0.717) is 31.1 Å². The van der Waals surface area contributed by atoms with E-state index in [0.717, 1.165) is 11.3 Å². The summed E-state index contributed by atoms with van der Waals surface area (Å²) in [7, 11) is 0. The summed E-state index contributed by atoms with van der Waals surface area (Å²) in [6.45, 7) is 4.84. The second kappa shape index (κ2) is 8.58. The molecule has 0 aliphatic carbocycles. The van der Waals surface area contributed by atoms with E-state index in [4.69, 9.17) is 9.47 Å². The highest BCUT2D eigenvalue weighted by molar-refractivity contribution is 6.00. The van der Waals surface area contributed by atoms with E-state index in [1.165, 1.54) is 0 Å². The molecule has 0 saturated carbocycles. The van der Waals surface area contributed by atoms with Gasteiger partial charge in [-0.1, -0.05) is 24.3 Å². The van der Waals surface area contributed by atoms with Crippen molar-refractivity contribution in [3.63, 3.8) is 0 Å². The molecule has 1 atom stereocenters. The largest absolute Gasteiger partial charge is 0.492 e. The van der Waals surface area contributed by atoms with Gasteiger partial charge in [0.15, 0.2) is 6.10 Å². The number of benzene rings is 2. The minimum atomic E-state index is -0.550. The summed E-state index contributed by atoms with van der Waals surface area (Å²) in [6, 6.07) is 15.1. The number of hydrogen-bond donors (Lipinski definition) is 1. The highest BCUT2D eigenvalue weighted by atomic mass is 16.5. The number of ether oxygens (including phenoxy) is 2. The van der Waals surface area contributed by atoms with Crippen molar-refractivity contribution in [1.82, 2.24) is 5.32 Å². The second-order valence-corrected chi connectivity index (χ2v) is 6.48. The van der Waals surface area contributed by atoms with E-state index in [2.05, 4.69) is 5.32 Å². The first-order valence-electron chi connectivity index (χ1n) is 9.08. The molecule has 0 bridgehead atoms. The third-order valence-electron chi connectivity index (χ3n) is 4.32. The predicted molar refractivity (Wildman–Crippen MR) is 103 cm³/mol. The molecule has 6 heteroatoms. The van der Waals surface area contributed by atoms with Crippen LogP contribution in [0.4, 0.5) is 5.69 Å². The zero-order valence-corrected chi connectivity index (χ0v) is 15.6. The number of hydrogen-bond acceptors (Lipinski definition) is 4. The van der Waals surface area contributed by atoms with Crippen LogP contribution in [0.3, 0.4) is 0 Å². The van der Waals surface area contributed by atoms with Gasteiger partial charge in [0.05, 0.1) is 12.2 Å².